The number of benzene rings is 2. The number of aliphatic carboxylic acids is 1. The molecule has 0 radical (unpaired) electrons. The van der Waals surface area contributed by atoms with Gasteiger partial charge in [-0.1, -0.05) is 15.9 Å². The van der Waals surface area contributed by atoms with E-state index in [-0.39, 0.29) is 24.6 Å². The maximum atomic E-state index is 13.2. The van der Waals surface area contributed by atoms with Crippen LogP contribution in [0.15, 0.2) is 65.1 Å². The number of hydrogen-bond acceptors (Lipinski definition) is 2. The molecule has 138 valence electrons. The molecule has 0 unspecified atom stereocenters. The van der Waals surface area contributed by atoms with Gasteiger partial charge in [0, 0.05) is 27.7 Å². The summed E-state index contributed by atoms with van der Waals surface area (Å²) in [5.41, 5.74) is 5.25. The molecule has 2 aromatic carbocycles. The van der Waals surface area contributed by atoms with Crippen LogP contribution < -0.4 is 5.43 Å². The maximum absolute atomic E-state index is 13.2. The Morgan fingerprint density at radius 2 is 1.67 bits per heavy atom. The predicted octanol–water partition coefficient (Wildman–Crippen LogP) is 4.46. The first-order valence-corrected chi connectivity index (χ1v) is 8.98. The average Bonchev–Trinajstić information content (AvgIpc) is 3.03. The first-order chi connectivity index (χ1) is 12.9. The minimum atomic E-state index is -0.926. The zero-order valence-corrected chi connectivity index (χ0v) is 15.7. The molecule has 0 atom stereocenters. The molecule has 3 aromatic rings. The van der Waals surface area contributed by atoms with E-state index in [9.17, 15) is 14.0 Å². The molecular weight excluding hydrogens is 415 g/mol. The summed E-state index contributed by atoms with van der Waals surface area (Å²) < 4.78 is 15.6. The van der Waals surface area contributed by atoms with Gasteiger partial charge in [-0.05, 0) is 60.7 Å². The molecule has 0 bridgehead atoms. The van der Waals surface area contributed by atoms with Crippen LogP contribution in [-0.4, -0.2) is 21.7 Å². The maximum Gasteiger partial charge on any atom is 0.303 e. The summed E-state index contributed by atoms with van der Waals surface area (Å²) in [5, 5.41) is 8.96. The number of nitrogens with one attached hydrogen (secondary N) is 1. The van der Waals surface area contributed by atoms with Gasteiger partial charge in [0.2, 0.25) is 0 Å². The summed E-state index contributed by atoms with van der Waals surface area (Å²) in [6.07, 6.45) is 0.179. The monoisotopic (exact) mass is 430 g/mol. The largest absolute Gasteiger partial charge is 0.481 e. The number of hydrogen-bond donors (Lipinski definition) is 2. The Labute approximate surface area is 163 Å². The quantitative estimate of drug-likeness (QED) is 0.606. The van der Waals surface area contributed by atoms with E-state index in [1.165, 1.54) is 12.1 Å². The Bertz CT molecular complexity index is 966. The van der Waals surface area contributed by atoms with Gasteiger partial charge in [-0.15, -0.1) is 0 Å². The predicted molar refractivity (Wildman–Crippen MR) is 104 cm³/mol. The summed E-state index contributed by atoms with van der Waals surface area (Å²) in [4.78, 5) is 23.6. The van der Waals surface area contributed by atoms with E-state index < -0.39 is 5.97 Å². The molecule has 1 heterocycles. The lowest BCUT2D eigenvalue weighted by Gasteiger charge is -2.15. The van der Waals surface area contributed by atoms with Crippen LogP contribution in [0.3, 0.4) is 0 Å². The number of nitrogens with zero attached hydrogens (tertiary/aromatic N) is 1. The second-order valence-corrected chi connectivity index (χ2v) is 6.81. The Morgan fingerprint density at radius 1 is 1.00 bits per heavy atom. The molecule has 5 nitrogen and oxygen atoms in total. The molecule has 7 heteroatoms. The summed E-state index contributed by atoms with van der Waals surface area (Å²) in [6.45, 7) is 0. The molecule has 1 amide bonds. The van der Waals surface area contributed by atoms with E-state index in [4.69, 9.17) is 5.11 Å². The number of aromatic nitrogens is 1. The molecule has 0 saturated heterocycles. The van der Waals surface area contributed by atoms with Crippen LogP contribution in [0.2, 0.25) is 0 Å². The fourth-order valence-corrected chi connectivity index (χ4v) is 2.92. The molecule has 0 saturated carbocycles. The van der Waals surface area contributed by atoms with Gasteiger partial charge >= 0.3 is 5.97 Å². The van der Waals surface area contributed by atoms with Gasteiger partial charge in [-0.2, -0.15) is 0 Å². The second kappa shape index (κ2) is 8.18. The number of carboxylic acid groups (broad SMARTS) is 1. The molecule has 0 aliphatic carbocycles. The number of halogens is 2. The van der Waals surface area contributed by atoms with Crippen molar-refractivity contribution >= 4 is 27.8 Å². The van der Waals surface area contributed by atoms with Crippen LogP contribution in [0.5, 0.6) is 0 Å². The van der Waals surface area contributed by atoms with Gasteiger partial charge in [0.25, 0.3) is 5.91 Å². The van der Waals surface area contributed by atoms with Crippen LogP contribution in [-0.2, 0) is 11.2 Å². The molecule has 27 heavy (non-hydrogen) atoms. The first kappa shape index (κ1) is 18.8. The van der Waals surface area contributed by atoms with E-state index >= 15 is 0 Å². The summed E-state index contributed by atoms with van der Waals surface area (Å²) in [7, 11) is 0. The van der Waals surface area contributed by atoms with E-state index in [1.807, 2.05) is 0 Å². The lowest BCUT2D eigenvalue weighted by Crippen LogP contribution is -2.25. The fraction of sp³-hybridized carbons (Fsp3) is 0.100. The zero-order valence-electron chi connectivity index (χ0n) is 14.2. The highest BCUT2D eigenvalue weighted by molar-refractivity contribution is 9.10. The van der Waals surface area contributed by atoms with Gasteiger partial charge in [-0.25, -0.2) is 4.39 Å². The van der Waals surface area contributed by atoms with Crippen molar-refractivity contribution in [1.29, 1.82) is 0 Å². The number of carbonyl (C=O) groups is 2. The molecule has 0 aliphatic rings. The van der Waals surface area contributed by atoms with Crippen LogP contribution in [0.25, 0.3) is 11.3 Å². The van der Waals surface area contributed by atoms with Crippen LogP contribution >= 0.6 is 15.9 Å². The highest BCUT2D eigenvalue weighted by Crippen LogP contribution is 2.23. The fourth-order valence-electron chi connectivity index (χ4n) is 2.65. The Balaban J connectivity index is 1.95. The standard InChI is InChI=1S/C20H16BrFN2O3/c21-15-5-1-14(2-6-15)20(27)23-24-17(10-12-19(25)26)9-11-18(24)13-3-7-16(22)8-4-13/h1-9,11H,10,12H2,(H,23,27)(H,25,26). The van der Waals surface area contributed by atoms with E-state index in [1.54, 1.807) is 53.2 Å². The second-order valence-electron chi connectivity index (χ2n) is 5.89. The third-order valence-electron chi connectivity index (χ3n) is 4.02. The van der Waals surface area contributed by atoms with Crippen molar-refractivity contribution in [2.24, 2.45) is 0 Å². The molecule has 1 aromatic heterocycles. The number of amides is 1. The van der Waals surface area contributed by atoms with Crippen molar-refractivity contribution in [3.63, 3.8) is 0 Å². The summed E-state index contributed by atoms with van der Waals surface area (Å²) >= 11 is 3.33. The van der Waals surface area contributed by atoms with Gasteiger partial charge in [0.1, 0.15) is 5.82 Å². The SMILES string of the molecule is O=C(O)CCc1ccc(-c2ccc(F)cc2)n1NC(=O)c1ccc(Br)cc1. The van der Waals surface area contributed by atoms with E-state index in [2.05, 4.69) is 21.4 Å². The lowest BCUT2D eigenvalue weighted by molar-refractivity contribution is -0.136. The molecule has 3 rings (SSSR count). The Hall–Kier alpha value is -2.93. The van der Waals surface area contributed by atoms with Crippen molar-refractivity contribution in [3.8, 4) is 11.3 Å². The van der Waals surface area contributed by atoms with E-state index in [0.29, 0.717) is 22.5 Å². The third kappa shape index (κ3) is 4.62. The number of aryl methyl sites for hydroxylation is 1. The van der Waals surface area contributed by atoms with Gasteiger partial charge < -0.3 is 5.11 Å². The highest BCUT2D eigenvalue weighted by Gasteiger charge is 2.15. The Kier molecular flexibility index (Phi) is 5.71. The van der Waals surface area contributed by atoms with Gasteiger partial charge in [0.05, 0.1) is 12.1 Å². The zero-order chi connectivity index (χ0) is 19.4. The minimum absolute atomic E-state index is 0.0684. The van der Waals surface area contributed by atoms with Crippen LogP contribution in [0.1, 0.15) is 22.5 Å². The topological polar surface area (TPSA) is 71.3 Å². The van der Waals surface area contributed by atoms with Gasteiger partial charge in [-0.3, -0.25) is 19.7 Å². The lowest BCUT2D eigenvalue weighted by atomic mass is 10.1. The molecule has 0 fully saturated rings. The van der Waals surface area contributed by atoms with Crippen LogP contribution in [0.4, 0.5) is 4.39 Å². The molecule has 2 N–H and O–H groups in total. The van der Waals surface area contributed by atoms with Crippen molar-refractivity contribution in [2.45, 2.75) is 12.8 Å². The van der Waals surface area contributed by atoms with Crippen molar-refractivity contribution in [1.82, 2.24) is 4.68 Å². The summed E-state index contributed by atoms with van der Waals surface area (Å²) in [5.74, 6) is -1.62. The molecular formula is C20H16BrFN2O3. The smallest absolute Gasteiger partial charge is 0.303 e. The number of rotatable bonds is 6. The van der Waals surface area contributed by atoms with Gasteiger partial charge in [0.15, 0.2) is 0 Å². The first-order valence-electron chi connectivity index (χ1n) is 8.19. The third-order valence-corrected chi connectivity index (χ3v) is 4.55. The van der Waals surface area contributed by atoms with Crippen molar-refractivity contribution in [2.75, 3.05) is 5.43 Å². The number of carbonyl (C=O) groups excluding carboxylic acids is 1. The van der Waals surface area contributed by atoms with Crippen LogP contribution in [0, 0.1) is 5.82 Å². The molecule has 0 spiro atoms. The van der Waals surface area contributed by atoms with Crippen molar-refractivity contribution in [3.05, 3.63) is 82.2 Å². The van der Waals surface area contributed by atoms with Crippen molar-refractivity contribution < 1.29 is 19.1 Å². The average molecular weight is 431 g/mol. The van der Waals surface area contributed by atoms with E-state index in [0.717, 1.165) is 4.47 Å². The number of carboxylic acids is 1. The normalized spacial score (nSPS) is 10.6. The molecule has 0 aliphatic heterocycles. The minimum Gasteiger partial charge on any atom is -0.481 e. The highest BCUT2D eigenvalue weighted by atomic mass is 79.9. The Morgan fingerprint density at radius 3 is 2.30 bits per heavy atom. The summed E-state index contributed by atoms with van der Waals surface area (Å²) in [6, 6.07) is 16.3.